The van der Waals surface area contributed by atoms with Crippen molar-refractivity contribution in [3.63, 3.8) is 0 Å². The van der Waals surface area contributed by atoms with Gasteiger partial charge in [-0.1, -0.05) is 24.1 Å². The first-order valence-corrected chi connectivity index (χ1v) is 4.38. The van der Waals surface area contributed by atoms with Gasteiger partial charge in [0.05, 0.1) is 0 Å². The van der Waals surface area contributed by atoms with Crippen LogP contribution >= 0.6 is 0 Å². The predicted octanol–water partition coefficient (Wildman–Crippen LogP) is 0.113. The molecular formula is C11H12N2O. The third kappa shape index (κ3) is 3.74. The Balaban J connectivity index is 2.51. The highest BCUT2D eigenvalue weighted by Gasteiger charge is 1.91. The Hall–Kier alpha value is -1.79. The van der Waals surface area contributed by atoms with E-state index in [0.29, 0.717) is 13.1 Å². The second-order valence-electron chi connectivity index (χ2n) is 2.66. The van der Waals surface area contributed by atoms with Crippen LogP contribution in [0, 0.1) is 11.8 Å². The molecule has 0 atom stereocenters. The molecule has 0 aliphatic heterocycles. The number of nitrogens with one attached hydrogen (secondary N) is 1. The zero-order valence-corrected chi connectivity index (χ0v) is 7.79. The first-order chi connectivity index (χ1) is 6.83. The van der Waals surface area contributed by atoms with Crippen molar-refractivity contribution in [2.75, 3.05) is 13.1 Å². The van der Waals surface area contributed by atoms with Crippen molar-refractivity contribution in [1.29, 1.82) is 0 Å². The van der Waals surface area contributed by atoms with Crippen molar-refractivity contribution < 1.29 is 4.79 Å². The normalized spacial score (nSPS) is 8.64. The number of nitrogens with two attached hydrogens (primary N) is 1. The van der Waals surface area contributed by atoms with Crippen molar-refractivity contribution in [2.45, 2.75) is 0 Å². The van der Waals surface area contributed by atoms with Gasteiger partial charge in [-0.25, -0.2) is 0 Å². The maximum absolute atomic E-state index is 11.0. The van der Waals surface area contributed by atoms with Crippen LogP contribution in [0.2, 0.25) is 0 Å². The van der Waals surface area contributed by atoms with Crippen LogP contribution in [0.4, 0.5) is 0 Å². The zero-order chi connectivity index (χ0) is 10.2. The molecule has 1 rings (SSSR count). The summed E-state index contributed by atoms with van der Waals surface area (Å²) in [6.07, 6.45) is 0. The summed E-state index contributed by atoms with van der Waals surface area (Å²) in [7, 11) is 0. The van der Waals surface area contributed by atoms with E-state index in [-0.39, 0.29) is 5.91 Å². The van der Waals surface area contributed by atoms with Crippen molar-refractivity contribution in [1.82, 2.24) is 5.32 Å². The second-order valence-corrected chi connectivity index (χ2v) is 2.66. The van der Waals surface area contributed by atoms with Crippen molar-refractivity contribution in [3.8, 4) is 11.8 Å². The fourth-order valence-electron chi connectivity index (χ4n) is 0.880. The quantitative estimate of drug-likeness (QED) is 0.647. The van der Waals surface area contributed by atoms with Gasteiger partial charge >= 0.3 is 0 Å². The highest BCUT2D eigenvalue weighted by molar-refractivity contribution is 5.94. The van der Waals surface area contributed by atoms with E-state index in [2.05, 4.69) is 17.2 Å². The van der Waals surface area contributed by atoms with Crippen LogP contribution in [0.25, 0.3) is 0 Å². The minimum atomic E-state index is -0.292. The van der Waals surface area contributed by atoms with Crippen molar-refractivity contribution in [3.05, 3.63) is 35.9 Å². The highest BCUT2D eigenvalue weighted by Crippen LogP contribution is 1.94. The largest absolute Gasteiger partial charge is 0.344 e. The number of carbonyl (C=O) groups excluding carboxylic acids is 1. The van der Waals surface area contributed by atoms with E-state index in [4.69, 9.17) is 5.73 Å². The predicted molar refractivity (Wildman–Crippen MR) is 55.4 cm³/mol. The molecule has 0 saturated heterocycles. The molecule has 1 aromatic rings. The first kappa shape index (κ1) is 10.3. The Morgan fingerprint density at radius 3 is 2.71 bits per heavy atom. The van der Waals surface area contributed by atoms with E-state index >= 15 is 0 Å². The monoisotopic (exact) mass is 188 g/mol. The summed E-state index contributed by atoms with van der Waals surface area (Å²) in [6, 6.07) is 9.36. The molecule has 0 aromatic heterocycles. The lowest BCUT2D eigenvalue weighted by Crippen LogP contribution is -2.27. The summed E-state index contributed by atoms with van der Waals surface area (Å²) in [6.45, 7) is 0.890. The van der Waals surface area contributed by atoms with E-state index in [1.807, 2.05) is 30.3 Å². The summed E-state index contributed by atoms with van der Waals surface area (Å²) < 4.78 is 0. The van der Waals surface area contributed by atoms with Gasteiger partial charge in [0.15, 0.2) is 0 Å². The molecule has 0 heterocycles. The number of amides is 1. The maximum atomic E-state index is 11.0. The molecule has 0 spiro atoms. The van der Waals surface area contributed by atoms with Crippen LogP contribution in [0.1, 0.15) is 5.56 Å². The zero-order valence-electron chi connectivity index (χ0n) is 7.79. The van der Waals surface area contributed by atoms with Gasteiger partial charge in [-0.2, -0.15) is 0 Å². The lowest BCUT2D eigenvalue weighted by Gasteiger charge is -1.94. The Bertz CT molecular complexity index is 349. The second kappa shape index (κ2) is 5.79. The number of benzene rings is 1. The fourth-order valence-corrected chi connectivity index (χ4v) is 0.880. The van der Waals surface area contributed by atoms with Gasteiger partial charge in [-0.05, 0) is 12.1 Å². The minimum absolute atomic E-state index is 0.292. The lowest BCUT2D eigenvalue weighted by molar-refractivity contribution is -0.115. The summed E-state index contributed by atoms with van der Waals surface area (Å²) in [4.78, 5) is 11.0. The van der Waals surface area contributed by atoms with Gasteiger partial charge < -0.3 is 11.1 Å². The van der Waals surface area contributed by atoms with Gasteiger partial charge in [-0.15, -0.1) is 0 Å². The standard InChI is InChI=1S/C11H12N2O/c12-8-9-13-11(14)7-6-10-4-2-1-3-5-10/h1-5H,8-9,12H2,(H,13,14). The fraction of sp³-hybridized carbons (Fsp3) is 0.182. The summed E-state index contributed by atoms with van der Waals surface area (Å²) >= 11 is 0. The molecule has 3 heteroatoms. The highest BCUT2D eigenvalue weighted by atomic mass is 16.1. The molecule has 1 aromatic carbocycles. The molecule has 0 saturated carbocycles. The third-order valence-corrected chi connectivity index (χ3v) is 1.52. The van der Waals surface area contributed by atoms with Crippen LogP contribution in [0.15, 0.2) is 30.3 Å². The Morgan fingerprint density at radius 1 is 1.36 bits per heavy atom. The topological polar surface area (TPSA) is 55.1 Å². The van der Waals surface area contributed by atoms with Crippen molar-refractivity contribution >= 4 is 5.91 Å². The maximum Gasteiger partial charge on any atom is 0.296 e. The van der Waals surface area contributed by atoms with Crippen LogP contribution in [0.3, 0.4) is 0 Å². The Morgan fingerprint density at radius 2 is 2.07 bits per heavy atom. The molecular weight excluding hydrogens is 176 g/mol. The van der Waals surface area contributed by atoms with Crippen LogP contribution < -0.4 is 11.1 Å². The summed E-state index contributed by atoms with van der Waals surface area (Å²) in [5.41, 5.74) is 6.05. The average molecular weight is 188 g/mol. The van der Waals surface area contributed by atoms with Gasteiger partial charge in [0.1, 0.15) is 0 Å². The van der Waals surface area contributed by atoms with Crippen LogP contribution in [-0.4, -0.2) is 19.0 Å². The molecule has 0 radical (unpaired) electrons. The van der Waals surface area contributed by atoms with E-state index in [1.54, 1.807) is 0 Å². The summed E-state index contributed by atoms with van der Waals surface area (Å²) in [5, 5.41) is 2.57. The van der Waals surface area contributed by atoms with Gasteiger partial charge in [0.2, 0.25) is 0 Å². The van der Waals surface area contributed by atoms with Gasteiger partial charge in [0.25, 0.3) is 5.91 Å². The summed E-state index contributed by atoms with van der Waals surface area (Å²) in [5.74, 6) is 4.94. The molecule has 72 valence electrons. The molecule has 3 nitrogen and oxygen atoms in total. The van der Waals surface area contributed by atoms with Crippen LogP contribution in [0.5, 0.6) is 0 Å². The molecule has 0 fully saturated rings. The molecule has 1 amide bonds. The van der Waals surface area contributed by atoms with Gasteiger partial charge in [0, 0.05) is 24.6 Å². The molecule has 3 N–H and O–H groups in total. The molecule has 0 aliphatic carbocycles. The number of rotatable bonds is 2. The van der Waals surface area contributed by atoms with Gasteiger partial charge in [-0.3, -0.25) is 4.79 Å². The van der Waals surface area contributed by atoms with E-state index in [9.17, 15) is 4.79 Å². The lowest BCUT2D eigenvalue weighted by atomic mass is 10.2. The van der Waals surface area contributed by atoms with Crippen molar-refractivity contribution in [2.24, 2.45) is 5.73 Å². The first-order valence-electron chi connectivity index (χ1n) is 4.38. The SMILES string of the molecule is NCCNC(=O)C#Cc1ccccc1. The molecule has 0 unspecified atom stereocenters. The smallest absolute Gasteiger partial charge is 0.296 e. The number of carbonyl (C=O) groups is 1. The third-order valence-electron chi connectivity index (χ3n) is 1.52. The Labute approximate surface area is 83.3 Å². The Kier molecular flexibility index (Phi) is 4.25. The average Bonchev–Trinajstić information content (AvgIpc) is 2.25. The molecule has 0 aliphatic rings. The van der Waals surface area contributed by atoms with E-state index < -0.39 is 0 Å². The van der Waals surface area contributed by atoms with E-state index in [1.165, 1.54) is 0 Å². The molecule has 14 heavy (non-hydrogen) atoms. The van der Waals surface area contributed by atoms with E-state index in [0.717, 1.165) is 5.56 Å². The molecule has 0 bridgehead atoms. The number of hydrogen-bond donors (Lipinski definition) is 2. The minimum Gasteiger partial charge on any atom is -0.344 e. The van der Waals surface area contributed by atoms with Crippen LogP contribution in [-0.2, 0) is 4.79 Å². The number of hydrogen-bond acceptors (Lipinski definition) is 2.